The van der Waals surface area contributed by atoms with Gasteiger partial charge in [0.1, 0.15) is 5.69 Å². The molecule has 1 aliphatic rings. The molecular formula is C13H18N10. The molecule has 1 saturated heterocycles. The van der Waals surface area contributed by atoms with Gasteiger partial charge in [0.05, 0.1) is 18.3 Å². The van der Waals surface area contributed by atoms with Gasteiger partial charge in [-0.3, -0.25) is 0 Å². The van der Waals surface area contributed by atoms with E-state index in [4.69, 9.17) is 0 Å². The first-order valence-electron chi connectivity index (χ1n) is 7.72. The number of nitrogens with zero attached hydrogens (tertiary/aromatic N) is 8. The van der Waals surface area contributed by atoms with Crippen LogP contribution >= 0.6 is 0 Å². The minimum Gasteiger partial charge on any atom is -0.319 e. The molecule has 0 saturated carbocycles. The lowest BCUT2D eigenvalue weighted by Crippen LogP contribution is -2.29. The van der Waals surface area contributed by atoms with E-state index in [1.54, 1.807) is 6.20 Å². The summed E-state index contributed by atoms with van der Waals surface area (Å²) in [7, 11) is 0. The van der Waals surface area contributed by atoms with Crippen LogP contribution in [0.2, 0.25) is 0 Å². The normalized spacial score (nSPS) is 17.4. The Morgan fingerprint density at radius 1 is 1.26 bits per heavy atom. The summed E-state index contributed by atoms with van der Waals surface area (Å²) in [6, 6.07) is 0.311. The average Bonchev–Trinajstić information content (AvgIpc) is 3.35. The minimum absolute atomic E-state index is 0.0877. The highest BCUT2D eigenvalue weighted by atomic mass is 15.5. The van der Waals surface area contributed by atoms with E-state index in [1.807, 2.05) is 28.6 Å². The van der Waals surface area contributed by atoms with Gasteiger partial charge in [-0.15, -0.1) is 15.3 Å². The molecule has 0 unspecified atom stereocenters. The van der Waals surface area contributed by atoms with E-state index in [2.05, 4.69) is 41.2 Å². The highest BCUT2D eigenvalue weighted by molar-refractivity contribution is 5.48. The van der Waals surface area contributed by atoms with E-state index in [0.717, 1.165) is 37.4 Å². The number of hydrogen-bond donors (Lipinski definition) is 2. The molecule has 10 heteroatoms. The first-order valence-corrected chi connectivity index (χ1v) is 7.72. The summed E-state index contributed by atoms with van der Waals surface area (Å²) in [4.78, 5) is 4.42. The van der Waals surface area contributed by atoms with Crippen molar-refractivity contribution in [2.45, 2.75) is 31.8 Å². The third-order valence-electron chi connectivity index (χ3n) is 4.24. The lowest BCUT2D eigenvalue weighted by Gasteiger charge is -2.22. The molecular weight excluding hydrogens is 296 g/mol. The van der Waals surface area contributed by atoms with Crippen LogP contribution in [0, 0.1) is 0 Å². The van der Waals surface area contributed by atoms with Crippen molar-refractivity contribution in [2.75, 3.05) is 13.1 Å². The summed E-state index contributed by atoms with van der Waals surface area (Å²) >= 11 is 0. The van der Waals surface area contributed by atoms with Crippen LogP contribution in [0.25, 0.3) is 11.5 Å². The zero-order valence-corrected chi connectivity index (χ0v) is 12.8. The van der Waals surface area contributed by atoms with Crippen molar-refractivity contribution >= 4 is 0 Å². The quantitative estimate of drug-likeness (QED) is 0.706. The van der Waals surface area contributed by atoms with Gasteiger partial charge in [-0.05, 0) is 32.9 Å². The van der Waals surface area contributed by atoms with Crippen molar-refractivity contribution < 1.29 is 0 Å². The molecule has 4 heterocycles. The molecule has 120 valence electrons. The van der Waals surface area contributed by atoms with E-state index in [1.165, 1.54) is 0 Å². The van der Waals surface area contributed by atoms with Crippen LogP contribution in [0.15, 0.2) is 18.6 Å². The maximum Gasteiger partial charge on any atom is 0.197 e. The Balaban J connectivity index is 1.62. The molecule has 0 aliphatic carbocycles. The van der Waals surface area contributed by atoms with Crippen LogP contribution in [0.3, 0.4) is 0 Å². The van der Waals surface area contributed by atoms with Gasteiger partial charge in [0.2, 0.25) is 0 Å². The molecule has 1 aliphatic heterocycles. The Bertz CT molecular complexity index is 751. The van der Waals surface area contributed by atoms with Crippen LogP contribution in [0.1, 0.15) is 37.7 Å². The molecule has 1 atom stereocenters. The summed E-state index contributed by atoms with van der Waals surface area (Å²) in [6.07, 6.45) is 7.74. The number of hydrogen-bond acceptors (Lipinski definition) is 7. The number of piperidine rings is 1. The lowest BCUT2D eigenvalue weighted by molar-refractivity contribution is 0.337. The van der Waals surface area contributed by atoms with Gasteiger partial charge in [0, 0.05) is 12.4 Å². The second-order valence-corrected chi connectivity index (χ2v) is 5.67. The summed E-state index contributed by atoms with van der Waals surface area (Å²) < 4.78 is 3.93. The number of tetrazole rings is 1. The fraction of sp³-hybridized carbons (Fsp3) is 0.538. The molecule has 3 aromatic rings. The zero-order chi connectivity index (χ0) is 15.6. The molecule has 23 heavy (non-hydrogen) atoms. The molecule has 1 fully saturated rings. The third-order valence-corrected chi connectivity index (χ3v) is 4.24. The number of rotatable bonds is 4. The number of imidazole rings is 1. The summed E-state index contributed by atoms with van der Waals surface area (Å²) in [6.45, 7) is 4.03. The number of H-pyrrole nitrogens is 1. The third kappa shape index (κ3) is 2.61. The van der Waals surface area contributed by atoms with Crippen LogP contribution < -0.4 is 5.32 Å². The van der Waals surface area contributed by atoms with Gasteiger partial charge in [0.15, 0.2) is 11.6 Å². The molecule has 0 bridgehead atoms. The maximum absolute atomic E-state index is 4.42. The predicted octanol–water partition coefficient (Wildman–Crippen LogP) is 0.188. The van der Waals surface area contributed by atoms with E-state index in [9.17, 15) is 0 Å². The molecule has 0 aromatic carbocycles. The first kappa shape index (κ1) is 14.0. The molecule has 4 rings (SSSR count). The van der Waals surface area contributed by atoms with E-state index < -0.39 is 0 Å². The fourth-order valence-electron chi connectivity index (χ4n) is 2.92. The number of aromatic amines is 1. The molecule has 0 spiro atoms. The SMILES string of the molecule is C[C@@H](c1nn[nH]n1)n1ccnc1-c1cn(C2CCNCC2)nn1. The molecule has 0 radical (unpaired) electrons. The van der Waals surface area contributed by atoms with Crippen molar-refractivity contribution in [3.8, 4) is 11.5 Å². The summed E-state index contributed by atoms with van der Waals surface area (Å²) in [5, 5.41) is 26.1. The van der Waals surface area contributed by atoms with E-state index in [-0.39, 0.29) is 6.04 Å². The minimum atomic E-state index is -0.0877. The average molecular weight is 314 g/mol. The van der Waals surface area contributed by atoms with Gasteiger partial charge in [0.25, 0.3) is 0 Å². The van der Waals surface area contributed by atoms with Crippen LogP contribution in [-0.2, 0) is 0 Å². The van der Waals surface area contributed by atoms with E-state index in [0.29, 0.717) is 11.9 Å². The molecule has 10 nitrogen and oxygen atoms in total. The van der Waals surface area contributed by atoms with Gasteiger partial charge in [-0.2, -0.15) is 5.21 Å². The lowest BCUT2D eigenvalue weighted by atomic mass is 10.1. The Morgan fingerprint density at radius 3 is 2.91 bits per heavy atom. The highest BCUT2D eigenvalue weighted by Crippen LogP contribution is 2.24. The number of aromatic nitrogens is 9. The topological polar surface area (TPSA) is 115 Å². The van der Waals surface area contributed by atoms with Crippen molar-refractivity contribution in [3.63, 3.8) is 0 Å². The molecule has 2 N–H and O–H groups in total. The van der Waals surface area contributed by atoms with Gasteiger partial charge >= 0.3 is 0 Å². The second-order valence-electron chi connectivity index (χ2n) is 5.67. The number of nitrogens with one attached hydrogen (secondary N) is 2. The van der Waals surface area contributed by atoms with Gasteiger partial charge < -0.3 is 9.88 Å². The Morgan fingerprint density at radius 2 is 2.13 bits per heavy atom. The zero-order valence-electron chi connectivity index (χ0n) is 12.8. The van der Waals surface area contributed by atoms with Crippen molar-refractivity contribution in [3.05, 3.63) is 24.4 Å². The Hall–Kier alpha value is -2.62. The maximum atomic E-state index is 4.42. The van der Waals surface area contributed by atoms with Crippen molar-refractivity contribution in [1.82, 2.24) is 50.5 Å². The smallest absolute Gasteiger partial charge is 0.197 e. The van der Waals surface area contributed by atoms with Crippen molar-refractivity contribution in [1.29, 1.82) is 0 Å². The monoisotopic (exact) mass is 314 g/mol. The highest BCUT2D eigenvalue weighted by Gasteiger charge is 2.21. The van der Waals surface area contributed by atoms with E-state index >= 15 is 0 Å². The largest absolute Gasteiger partial charge is 0.319 e. The summed E-state index contributed by atoms with van der Waals surface area (Å²) in [5.41, 5.74) is 0.754. The van der Waals surface area contributed by atoms with Crippen LogP contribution in [-0.4, -0.2) is 58.3 Å². The van der Waals surface area contributed by atoms with Crippen molar-refractivity contribution in [2.24, 2.45) is 0 Å². The molecule has 3 aromatic heterocycles. The Labute approximate surface area is 132 Å². The fourth-order valence-corrected chi connectivity index (χ4v) is 2.92. The first-order chi connectivity index (χ1) is 11.3. The Kier molecular flexibility index (Phi) is 3.58. The van der Waals surface area contributed by atoms with Gasteiger partial charge in [-0.25, -0.2) is 9.67 Å². The molecule has 0 amide bonds. The van der Waals surface area contributed by atoms with Crippen LogP contribution in [0.5, 0.6) is 0 Å². The second kappa shape index (κ2) is 5.88. The standard InChI is InChI=1S/C13H18N10/c1-9(12-17-19-20-18-12)22-7-6-15-13(22)11-8-23(21-16-11)10-2-4-14-5-3-10/h6-10,14H,2-5H2,1H3,(H,17,18,19,20)/t9-/m0/s1. The van der Waals surface area contributed by atoms with Gasteiger partial charge in [-0.1, -0.05) is 10.4 Å². The van der Waals surface area contributed by atoms with Crippen LogP contribution in [0.4, 0.5) is 0 Å². The predicted molar refractivity (Wildman–Crippen MR) is 80.4 cm³/mol. The summed E-state index contributed by atoms with van der Waals surface area (Å²) in [5.74, 6) is 1.36.